The molecule has 3 rings (SSSR count). The highest BCUT2D eigenvalue weighted by atomic mass is 35.5. The molecule has 3 aromatic rings. The molecule has 114 valence electrons. The molecule has 7 heteroatoms. The van der Waals surface area contributed by atoms with Crippen molar-refractivity contribution in [2.24, 2.45) is 0 Å². The highest BCUT2D eigenvalue weighted by molar-refractivity contribution is 7.15. The molecule has 0 bridgehead atoms. The van der Waals surface area contributed by atoms with E-state index in [-0.39, 0.29) is 12.3 Å². The van der Waals surface area contributed by atoms with Gasteiger partial charge in [0.2, 0.25) is 5.91 Å². The van der Waals surface area contributed by atoms with Crippen LogP contribution in [0.4, 0.5) is 5.00 Å². The lowest BCUT2D eigenvalue weighted by atomic mass is 10.1. The fraction of sp³-hybridized carbons (Fsp3) is 0.0625. The topological polar surface area (TPSA) is 70.7 Å². The highest BCUT2D eigenvalue weighted by Gasteiger charge is 2.13. The average Bonchev–Trinajstić information content (AvgIpc) is 3.18. The van der Waals surface area contributed by atoms with Gasteiger partial charge >= 0.3 is 0 Å². The molecule has 0 unspecified atom stereocenters. The number of nitrogens with one attached hydrogen (secondary N) is 1. The van der Waals surface area contributed by atoms with E-state index in [0.29, 0.717) is 15.6 Å². The number of benzene rings is 1. The standard InChI is InChI=1S/C16H11ClN4OS/c17-14-10-23-16(13(14)9-18)20-15(22)8-11-2-4-12(5-3-11)21-7-1-6-19-21/h1-7,10H,8H2,(H,20,22). The van der Waals surface area contributed by atoms with E-state index >= 15 is 0 Å². The number of amides is 1. The van der Waals surface area contributed by atoms with E-state index < -0.39 is 0 Å². The molecule has 0 saturated heterocycles. The number of nitriles is 1. The van der Waals surface area contributed by atoms with E-state index in [0.717, 1.165) is 11.3 Å². The van der Waals surface area contributed by atoms with E-state index in [1.165, 1.54) is 11.3 Å². The van der Waals surface area contributed by atoms with Crippen LogP contribution in [0, 0.1) is 11.3 Å². The predicted octanol–water partition coefficient (Wildman–Crippen LogP) is 3.64. The molecule has 0 fully saturated rings. The van der Waals surface area contributed by atoms with Crippen LogP contribution in [0.2, 0.25) is 5.02 Å². The molecule has 1 N–H and O–H groups in total. The Morgan fingerprint density at radius 1 is 1.39 bits per heavy atom. The number of hydrogen-bond acceptors (Lipinski definition) is 4. The lowest BCUT2D eigenvalue weighted by Crippen LogP contribution is -2.14. The van der Waals surface area contributed by atoms with Crippen LogP contribution in [0.1, 0.15) is 11.1 Å². The summed E-state index contributed by atoms with van der Waals surface area (Å²) in [5, 5.41) is 18.4. The predicted molar refractivity (Wildman–Crippen MR) is 89.9 cm³/mol. The Hall–Kier alpha value is -2.62. The molecule has 23 heavy (non-hydrogen) atoms. The summed E-state index contributed by atoms with van der Waals surface area (Å²) in [6.45, 7) is 0. The van der Waals surface area contributed by atoms with Crippen molar-refractivity contribution in [2.75, 3.05) is 5.32 Å². The third-order valence-corrected chi connectivity index (χ3v) is 4.50. The summed E-state index contributed by atoms with van der Waals surface area (Å²) in [7, 11) is 0. The summed E-state index contributed by atoms with van der Waals surface area (Å²) in [6.07, 6.45) is 3.78. The number of rotatable bonds is 4. The van der Waals surface area contributed by atoms with Crippen LogP contribution in [-0.4, -0.2) is 15.7 Å². The van der Waals surface area contributed by atoms with E-state index in [9.17, 15) is 4.79 Å². The van der Waals surface area contributed by atoms with Gasteiger partial charge in [0, 0.05) is 17.8 Å². The molecule has 0 aliphatic carbocycles. The number of nitrogens with zero attached hydrogens (tertiary/aromatic N) is 3. The fourth-order valence-corrected chi connectivity index (χ4v) is 3.19. The first-order chi connectivity index (χ1) is 11.2. The van der Waals surface area contributed by atoms with Crippen molar-refractivity contribution in [3.63, 3.8) is 0 Å². The van der Waals surface area contributed by atoms with Gasteiger partial charge in [0.25, 0.3) is 0 Å². The quantitative estimate of drug-likeness (QED) is 0.786. The van der Waals surface area contributed by atoms with Crippen LogP contribution in [0.15, 0.2) is 48.1 Å². The summed E-state index contributed by atoms with van der Waals surface area (Å²) in [5.41, 5.74) is 2.11. The molecule has 1 amide bonds. The molecule has 0 saturated carbocycles. The van der Waals surface area contributed by atoms with Gasteiger partial charge in [-0.25, -0.2) is 4.68 Å². The Bertz CT molecular complexity index is 863. The van der Waals surface area contributed by atoms with Gasteiger partial charge in [-0.2, -0.15) is 10.4 Å². The molecule has 2 aromatic heterocycles. The number of carbonyl (C=O) groups is 1. The molecule has 0 aliphatic heterocycles. The number of carbonyl (C=O) groups excluding carboxylic acids is 1. The van der Waals surface area contributed by atoms with E-state index in [2.05, 4.69) is 10.4 Å². The highest BCUT2D eigenvalue weighted by Crippen LogP contribution is 2.31. The largest absolute Gasteiger partial charge is 0.316 e. The monoisotopic (exact) mass is 342 g/mol. The average molecular weight is 343 g/mol. The van der Waals surface area contributed by atoms with Gasteiger partial charge in [-0.05, 0) is 23.8 Å². The normalized spacial score (nSPS) is 10.3. The van der Waals surface area contributed by atoms with Gasteiger partial charge in [-0.3, -0.25) is 4.79 Å². The van der Waals surface area contributed by atoms with E-state index in [1.807, 2.05) is 42.6 Å². The van der Waals surface area contributed by atoms with Crippen molar-refractivity contribution in [1.82, 2.24) is 9.78 Å². The molecule has 0 radical (unpaired) electrons. The Labute approximate surface area is 141 Å². The molecule has 0 spiro atoms. The minimum absolute atomic E-state index is 0.188. The molecule has 5 nitrogen and oxygen atoms in total. The van der Waals surface area contributed by atoms with Crippen LogP contribution in [0.3, 0.4) is 0 Å². The van der Waals surface area contributed by atoms with Gasteiger partial charge in [0.05, 0.1) is 17.1 Å². The summed E-state index contributed by atoms with van der Waals surface area (Å²) in [5.74, 6) is -0.188. The van der Waals surface area contributed by atoms with Gasteiger partial charge in [-0.1, -0.05) is 23.7 Å². The second-order valence-electron chi connectivity index (χ2n) is 4.74. The molecule has 2 heterocycles. The second kappa shape index (κ2) is 6.65. The Morgan fingerprint density at radius 3 is 2.83 bits per heavy atom. The van der Waals surface area contributed by atoms with Crippen molar-refractivity contribution in [1.29, 1.82) is 5.26 Å². The summed E-state index contributed by atoms with van der Waals surface area (Å²) < 4.78 is 1.75. The first kappa shape index (κ1) is 15.3. The third kappa shape index (κ3) is 3.42. The van der Waals surface area contributed by atoms with E-state index in [1.54, 1.807) is 16.3 Å². The van der Waals surface area contributed by atoms with Gasteiger partial charge < -0.3 is 5.32 Å². The molecule has 0 atom stereocenters. The number of halogens is 1. The molecular formula is C16H11ClN4OS. The van der Waals surface area contributed by atoms with Gasteiger partial charge in [-0.15, -0.1) is 11.3 Å². The van der Waals surface area contributed by atoms with Crippen molar-refractivity contribution in [3.05, 3.63) is 64.3 Å². The Balaban J connectivity index is 1.67. The smallest absolute Gasteiger partial charge is 0.229 e. The zero-order valence-corrected chi connectivity index (χ0v) is 13.4. The summed E-state index contributed by atoms with van der Waals surface area (Å²) in [6, 6.07) is 11.4. The molecular weight excluding hydrogens is 332 g/mol. The summed E-state index contributed by atoms with van der Waals surface area (Å²) in [4.78, 5) is 12.1. The minimum atomic E-state index is -0.188. The number of anilines is 1. The molecule has 0 aliphatic rings. The van der Waals surface area contributed by atoms with Crippen molar-refractivity contribution in [2.45, 2.75) is 6.42 Å². The Morgan fingerprint density at radius 2 is 2.17 bits per heavy atom. The van der Waals surface area contributed by atoms with Gasteiger partial charge in [0.1, 0.15) is 16.6 Å². The fourth-order valence-electron chi connectivity index (χ4n) is 2.08. The van der Waals surface area contributed by atoms with Crippen LogP contribution >= 0.6 is 22.9 Å². The zero-order valence-electron chi connectivity index (χ0n) is 11.9. The maximum atomic E-state index is 12.1. The third-order valence-electron chi connectivity index (χ3n) is 3.18. The maximum Gasteiger partial charge on any atom is 0.229 e. The van der Waals surface area contributed by atoms with Crippen LogP contribution in [0.5, 0.6) is 0 Å². The maximum absolute atomic E-state index is 12.1. The second-order valence-corrected chi connectivity index (χ2v) is 6.03. The van der Waals surface area contributed by atoms with Crippen LogP contribution in [-0.2, 0) is 11.2 Å². The van der Waals surface area contributed by atoms with Crippen molar-refractivity contribution < 1.29 is 4.79 Å². The van der Waals surface area contributed by atoms with Crippen molar-refractivity contribution in [3.8, 4) is 11.8 Å². The first-order valence-corrected chi connectivity index (χ1v) is 7.99. The minimum Gasteiger partial charge on any atom is -0.316 e. The lowest BCUT2D eigenvalue weighted by Gasteiger charge is -2.05. The zero-order chi connectivity index (χ0) is 16.2. The van der Waals surface area contributed by atoms with Crippen molar-refractivity contribution >= 4 is 33.8 Å². The lowest BCUT2D eigenvalue weighted by molar-refractivity contribution is -0.115. The summed E-state index contributed by atoms with van der Waals surface area (Å²) >= 11 is 7.13. The number of hydrogen-bond donors (Lipinski definition) is 1. The SMILES string of the molecule is N#Cc1c(Cl)csc1NC(=O)Cc1ccc(-n2cccn2)cc1. The first-order valence-electron chi connectivity index (χ1n) is 6.73. The van der Waals surface area contributed by atoms with Gasteiger partial charge in [0.15, 0.2) is 0 Å². The Kier molecular flexibility index (Phi) is 4.42. The number of aromatic nitrogens is 2. The van der Waals surface area contributed by atoms with Crippen LogP contribution < -0.4 is 5.32 Å². The van der Waals surface area contributed by atoms with E-state index in [4.69, 9.17) is 16.9 Å². The number of thiophene rings is 1. The molecule has 1 aromatic carbocycles. The van der Waals surface area contributed by atoms with Crippen LogP contribution in [0.25, 0.3) is 5.69 Å².